The fraction of sp³-hybridized carbons (Fsp3) is 1.00. The molecule has 0 aromatic carbocycles. The van der Waals surface area contributed by atoms with Crippen LogP contribution in [-0.2, 0) is 0 Å². The summed E-state index contributed by atoms with van der Waals surface area (Å²) in [6.07, 6.45) is 3.85. The zero-order valence-corrected chi connectivity index (χ0v) is 9.45. The second-order valence-corrected chi connectivity index (χ2v) is 4.55. The van der Waals surface area contributed by atoms with Gasteiger partial charge in [0, 0.05) is 18.6 Å². The quantitative estimate of drug-likeness (QED) is 0.690. The summed E-state index contributed by atoms with van der Waals surface area (Å²) in [5, 5.41) is 9.25. The van der Waals surface area contributed by atoms with Crippen LogP contribution in [0.5, 0.6) is 0 Å². The molecule has 0 aromatic heterocycles. The van der Waals surface area contributed by atoms with Crippen LogP contribution < -0.4 is 5.73 Å². The van der Waals surface area contributed by atoms with E-state index in [0.29, 0.717) is 0 Å². The highest BCUT2D eigenvalue weighted by Crippen LogP contribution is 2.23. The van der Waals surface area contributed by atoms with E-state index < -0.39 is 0 Å². The van der Waals surface area contributed by atoms with Gasteiger partial charge in [0.1, 0.15) is 0 Å². The molecule has 1 fully saturated rings. The maximum atomic E-state index is 9.25. The van der Waals surface area contributed by atoms with Crippen LogP contribution in [0, 0.1) is 5.92 Å². The molecule has 1 heterocycles. The zero-order valence-electron chi connectivity index (χ0n) is 9.45. The van der Waals surface area contributed by atoms with E-state index in [9.17, 15) is 5.11 Å². The Morgan fingerprint density at radius 1 is 1.57 bits per heavy atom. The molecule has 1 saturated heterocycles. The van der Waals surface area contributed by atoms with Crippen LogP contribution in [0.4, 0.5) is 0 Å². The third kappa shape index (κ3) is 2.94. The van der Waals surface area contributed by atoms with Gasteiger partial charge in [-0.15, -0.1) is 0 Å². The first-order chi connectivity index (χ1) is 6.69. The number of likely N-dealkylation sites (tertiary alicyclic amines) is 1. The van der Waals surface area contributed by atoms with E-state index in [-0.39, 0.29) is 18.7 Å². The number of aliphatic hydroxyl groups excluding tert-OH is 1. The molecule has 14 heavy (non-hydrogen) atoms. The maximum Gasteiger partial charge on any atom is 0.0601 e. The van der Waals surface area contributed by atoms with E-state index in [0.717, 1.165) is 19.0 Å². The number of hydrogen-bond acceptors (Lipinski definition) is 3. The van der Waals surface area contributed by atoms with Crippen molar-refractivity contribution in [3.63, 3.8) is 0 Å². The van der Waals surface area contributed by atoms with Crippen molar-refractivity contribution in [2.75, 3.05) is 19.7 Å². The SMILES string of the molecule is CCCC1CCN(C(CO)C(C)N)C1. The summed E-state index contributed by atoms with van der Waals surface area (Å²) in [4.78, 5) is 2.35. The number of aliphatic hydroxyl groups is 1. The van der Waals surface area contributed by atoms with Gasteiger partial charge < -0.3 is 10.8 Å². The fourth-order valence-electron chi connectivity index (χ4n) is 2.42. The third-order valence-corrected chi connectivity index (χ3v) is 3.28. The molecule has 1 rings (SSSR count). The molecule has 3 heteroatoms. The maximum absolute atomic E-state index is 9.25. The molecule has 0 spiro atoms. The molecule has 3 atom stereocenters. The van der Waals surface area contributed by atoms with Gasteiger partial charge in [-0.2, -0.15) is 0 Å². The molecule has 1 aliphatic rings. The Hall–Kier alpha value is -0.120. The Balaban J connectivity index is 2.39. The second kappa shape index (κ2) is 5.69. The van der Waals surface area contributed by atoms with Crippen molar-refractivity contribution in [3.8, 4) is 0 Å². The summed E-state index contributed by atoms with van der Waals surface area (Å²) in [6, 6.07) is 0.234. The van der Waals surface area contributed by atoms with E-state index in [4.69, 9.17) is 5.73 Å². The number of hydrogen-bond donors (Lipinski definition) is 2. The minimum atomic E-state index is 0.0698. The second-order valence-electron chi connectivity index (χ2n) is 4.55. The van der Waals surface area contributed by atoms with Crippen molar-refractivity contribution in [1.29, 1.82) is 0 Å². The van der Waals surface area contributed by atoms with E-state index in [2.05, 4.69) is 11.8 Å². The number of nitrogens with two attached hydrogens (primary N) is 1. The summed E-state index contributed by atoms with van der Waals surface area (Å²) < 4.78 is 0. The molecule has 0 saturated carbocycles. The Kier molecular flexibility index (Phi) is 4.85. The minimum absolute atomic E-state index is 0.0698. The van der Waals surface area contributed by atoms with Gasteiger partial charge in [-0.1, -0.05) is 13.3 Å². The lowest BCUT2D eigenvalue weighted by Gasteiger charge is -2.29. The van der Waals surface area contributed by atoms with Crippen molar-refractivity contribution in [2.24, 2.45) is 11.7 Å². The fourth-order valence-corrected chi connectivity index (χ4v) is 2.42. The summed E-state index contributed by atoms with van der Waals surface area (Å²) in [5.41, 5.74) is 5.84. The van der Waals surface area contributed by atoms with Gasteiger partial charge in [-0.25, -0.2) is 0 Å². The predicted octanol–water partition coefficient (Wildman–Crippen LogP) is 0.817. The minimum Gasteiger partial charge on any atom is -0.395 e. The monoisotopic (exact) mass is 200 g/mol. The highest BCUT2D eigenvalue weighted by atomic mass is 16.3. The van der Waals surface area contributed by atoms with E-state index in [1.807, 2.05) is 6.92 Å². The topological polar surface area (TPSA) is 49.5 Å². The molecule has 84 valence electrons. The average molecular weight is 200 g/mol. The van der Waals surface area contributed by atoms with Crippen molar-refractivity contribution in [2.45, 2.75) is 45.2 Å². The van der Waals surface area contributed by atoms with Crippen LogP contribution in [0.15, 0.2) is 0 Å². The smallest absolute Gasteiger partial charge is 0.0601 e. The largest absolute Gasteiger partial charge is 0.395 e. The van der Waals surface area contributed by atoms with Crippen LogP contribution in [-0.4, -0.2) is 41.8 Å². The summed E-state index contributed by atoms with van der Waals surface area (Å²) in [6.45, 7) is 6.64. The molecule has 0 radical (unpaired) electrons. The van der Waals surface area contributed by atoms with Crippen LogP contribution in [0.3, 0.4) is 0 Å². The lowest BCUT2D eigenvalue weighted by Crippen LogP contribution is -2.47. The normalized spacial score (nSPS) is 27.9. The molecule has 1 aliphatic heterocycles. The van der Waals surface area contributed by atoms with Crippen molar-refractivity contribution in [1.82, 2.24) is 4.90 Å². The van der Waals surface area contributed by atoms with Gasteiger partial charge in [0.2, 0.25) is 0 Å². The Bertz CT molecular complexity index is 161. The molecule has 0 aromatic rings. The van der Waals surface area contributed by atoms with E-state index in [1.165, 1.54) is 19.3 Å². The Morgan fingerprint density at radius 3 is 2.79 bits per heavy atom. The van der Waals surface area contributed by atoms with Crippen molar-refractivity contribution < 1.29 is 5.11 Å². The summed E-state index contributed by atoms with van der Waals surface area (Å²) in [5.74, 6) is 0.827. The standard InChI is InChI=1S/C11H24N2O/c1-3-4-10-5-6-13(7-10)11(8-14)9(2)12/h9-11,14H,3-8,12H2,1-2H3. The van der Waals surface area contributed by atoms with E-state index in [1.54, 1.807) is 0 Å². The van der Waals surface area contributed by atoms with E-state index >= 15 is 0 Å². The Morgan fingerprint density at radius 2 is 2.29 bits per heavy atom. The van der Waals surface area contributed by atoms with Gasteiger partial charge in [0.05, 0.1) is 6.61 Å². The average Bonchev–Trinajstić information content (AvgIpc) is 2.54. The van der Waals surface area contributed by atoms with Gasteiger partial charge >= 0.3 is 0 Å². The van der Waals surface area contributed by atoms with Crippen LogP contribution in [0.1, 0.15) is 33.1 Å². The molecule has 0 aliphatic carbocycles. The van der Waals surface area contributed by atoms with Gasteiger partial charge in [-0.3, -0.25) is 4.90 Å². The highest BCUT2D eigenvalue weighted by molar-refractivity contribution is 4.85. The molecule has 3 N–H and O–H groups in total. The first kappa shape index (κ1) is 12.0. The zero-order chi connectivity index (χ0) is 10.6. The van der Waals surface area contributed by atoms with Crippen LogP contribution in [0.2, 0.25) is 0 Å². The third-order valence-electron chi connectivity index (χ3n) is 3.28. The Labute approximate surface area is 87.3 Å². The molecular formula is C11H24N2O. The first-order valence-electron chi connectivity index (χ1n) is 5.79. The first-order valence-corrected chi connectivity index (χ1v) is 5.79. The summed E-state index contributed by atoms with van der Waals surface area (Å²) >= 11 is 0. The van der Waals surface area contributed by atoms with Gasteiger partial charge in [0.15, 0.2) is 0 Å². The van der Waals surface area contributed by atoms with Crippen molar-refractivity contribution in [3.05, 3.63) is 0 Å². The lowest BCUT2D eigenvalue weighted by molar-refractivity contribution is 0.126. The number of rotatable bonds is 5. The number of nitrogens with zero attached hydrogens (tertiary/aromatic N) is 1. The van der Waals surface area contributed by atoms with Gasteiger partial charge in [-0.05, 0) is 32.2 Å². The molecule has 0 bridgehead atoms. The van der Waals surface area contributed by atoms with Crippen LogP contribution >= 0.6 is 0 Å². The lowest BCUT2D eigenvalue weighted by atomic mass is 10.0. The molecule has 0 amide bonds. The molecular weight excluding hydrogens is 176 g/mol. The predicted molar refractivity (Wildman–Crippen MR) is 59.1 cm³/mol. The molecule has 3 nitrogen and oxygen atoms in total. The van der Waals surface area contributed by atoms with Gasteiger partial charge in [0.25, 0.3) is 0 Å². The highest BCUT2D eigenvalue weighted by Gasteiger charge is 2.28. The molecule has 3 unspecified atom stereocenters. The van der Waals surface area contributed by atoms with Crippen LogP contribution in [0.25, 0.3) is 0 Å². The summed E-state index contributed by atoms with van der Waals surface area (Å²) in [7, 11) is 0. The van der Waals surface area contributed by atoms with Crippen molar-refractivity contribution >= 4 is 0 Å².